The lowest BCUT2D eigenvalue weighted by Gasteiger charge is -2.05. The van der Waals surface area contributed by atoms with Gasteiger partial charge in [-0.3, -0.25) is 4.79 Å². The third-order valence-electron chi connectivity index (χ3n) is 2.43. The summed E-state index contributed by atoms with van der Waals surface area (Å²) < 4.78 is 0.937. The molecule has 0 aliphatic rings. The van der Waals surface area contributed by atoms with Crippen LogP contribution in [-0.2, 0) is 6.54 Å². The highest BCUT2D eigenvalue weighted by molar-refractivity contribution is 9.10. The molecule has 0 saturated heterocycles. The number of aromatic amines is 1. The smallest absolute Gasteiger partial charge is 0.251 e. The predicted molar refractivity (Wildman–Crippen MR) is 68.6 cm³/mol. The minimum atomic E-state index is -0.0969. The van der Waals surface area contributed by atoms with Crippen LogP contribution in [0.25, 0.3) is 0 Å². The second kappa shape index (κ2) is 5.14. The highest BCUT2D eigenvalue weighted by Gasteiger charge is 2.06. The summed E-state index contributed by atoms with van der Waals surface area (Å²) in [4.78, 5) is 18.7. The molecule has 2 rings (SSSR count). The quantitative estimate of drug-likeness (QED) is 0.913. The molecule has 17 heavy (non-hydrogen) atoms. The van der Waals surface area contributed by atoms with Crippen LogP contribution in [0, 0.1) is 6.92 Å². The highest BCUT2D eigenvalue weighted by atomic mass is 79.9. The third kappa shape index (κ3) is 2.94. The number of amides is 1. The molecule has 1 heterocycles. The molecule has 0 saturated carbocycles. The molecule has 2 N–H and O–H groups in total. The number of rotatable bonds is 3. The van der Waals surface area contributed by atoms with Crippen molar-refractivity contribution < 1.29 is 4.79 Å². The summed E-state index contributed by atoms with van der Waals surface area (Å²) in [5, 5.41) is 2.82. The summed E-state index contributed by atoms with van der Waals surface area (Å²) in [6.07, 6.45) is 3.27. The van der Waals surface area contributed by atoms with Crippen molar-refractivity contribution in [2.45, 2.75) is 13.5 Å². The van der Waals surface area contributed by atoms with Gasteiger partial charge in [-0.1, -0.05) is 22.0 Å². The zero-order valence-electron chi connectivity index (χ0n) is 9.33. The van der Waals surface area contributed by atoms with Crippen LogP contribution in [-0.4, -0.2) is 15.9 Å². The van der Waals surface area contributed by atoms with Crippen LogP contribution in [0.15, 0.2) is 35.2 Å². The number of carbonyl (C=O) groups excluding carboxylic acids is 1. The van der Waals surface area contributed by atoms with Gasteiger partial charge in [-0.05, 0) is 24.6 Å². The Morgan fingerprint density at radius 2 is 2.35 bits per heavy atom. The first-order valence-electron chi connectivity index (χ1n) is 5.18. The lowest BCUT2D eigenvalue weighted by Crippen LogP contribution is -2.22. The fraction of sp³-hybridized carbons (Fsp3) is 0.167. The number of nitrogens with zero attached hydrogens (tertiary/aromatic N) is 1. The van der Waals surface area contributed by atoms with E-state index in [2.05, 4.69) is 31.2 Å². The number of imidazole rings is 1. The van der Waals surface area contributed by atoms with Crippen molar-refractivity contribution >= 4 is 21.8 Å². The largest absolute Gasteiger partial charge is 0.347 e. The molecule has 0 aliphatic heterocycles. The van der Waals surface area contributed by atoms with E-state index in [0.29, 0.717) is 12.1 Å². The van der Waals surface area contributed by atoms with Crippen molar-refractivity contribution in [1.82, 2.24) is 15.3 Å². The van der Waals surface area contributed by atoms with Gasteiger partial charge in [0.25, 0.3) is 5.91 Å². The summed E-state index contributed by atoms with van der Waals surface area (Å²) in [7, 11) is 0. The zero-order valence-corrected chi connectivity index (χ0v) is 10.9. The predicted octanol–water partition coefficient (Wildman–Crippen LogP) is 2.41. The first kappa shape index (κ1) is 11.9. The molecule has 88 valence electrons. The number of aromatic nitrogens is 2. The van der Waals surface area contributed by atoms with Crippen LogP contribution in [0.1, 0.15) is 21.6 Å². The number of hydrogen-bond acceptors (Lipinski definition) is 2. The van der Waals surface area contributed by atoms with Gasteiger partial charge in [-0.25, -0.2) is 4.98 Å². The minimum absolute atomic E-state index is 0.0969. The Kier molecular flexibility index (Phi) is 3.58. The first-order valence-corrected chi connectivity index (χ1v) is 5.97. The monoisotopic (exact) mass is 293 g/mol. The minimum Gasteiger partial charge on any atom is -0.347 e. The van der Waals surface area contributed by atoms with E-state index >= 15 is 0 Å². The number of benzene rings is 1. The van der Waals surface area contributed by atoms with Gasteiger partial charge in [0.1, 0.15) is 0 Å². The summed E-state index contributed by atoms with van der Waals surface area (Å²) in [5.41, 5.74) is 2.63. The van der Waals surface area contributed by atoms with Crippen LogP contribution in [0.5, 0.6) is 0 Å². The molecular weight excluding hydrogens is 282 g/mol. The summed E-state index contributed by atoms with van der Waals surface area (Å²) in [6, 6.07) is 5.54. The molecular formula is C12H12BrN3O. The fourth-order valence-electron chi connectivity index (χ4n) is 1.39. The molecule has 1 aromatic carbocycles. The topological polar surface area (TPSA) is 57.8 Å². The fourth-order valence-corrected chi connectivity index (χ4v) is 1.77. The SMILES string of the molecule is Cc1ccc(C(=O)NCc2cnc[nH]2)cc1Br. The molecule has 0 atom stereocenters. The van der Waals surface area contributed by atoms with Crippen molar-refractivity contribution in [2.24, 2.45) is 0 Å². The number of H-pyrrole nitrogens is 1. The average molecular weight is 294 g/mol. The van der Waals surface area contributed by atoms with Crippen molar-refractivity contribution in [3.8, 4) is 0 Å². The molecule has 5 heteroatoms. The molecule has 1 aromatic heterocycles. The third-order valence-corrected chi connectivity index (χ3v) is 3.28. The lowest BCUT2D eigenvalue weighted by molar-refractivity contribution is 0.0950. The summed E-state index contributed by atoms with van der Waals surface area (Å²) >= 11 is 3.41. The van der Waals surface area contributed by atoms with Crippen LogP contribution in [0.4, 0.5) is 0 Å². The van der Waals surface area contributed by atoms with Gasteiger partial charge in [0.05, 0.1) is 18.6 Å². The normalized spacial score (nSPS) is 10.2. The Bertz CT molecular complexity index is 523. The van der Waals surface area contributed by atoms with Crippen LogP contribution in [0.3, 0.4) is 0 Å². The van der Waals surface area contributed by atoms with Crippen molar-refractivity contribution in [2.75, 3.05) is 0 Å². The maximum Gasteiger partial charge on any atom is 0.251 e. The van der Waals surface area contributed by atoms with Crippen molar-refractivity contribution in [3.63, 3.8) is 0 Å². The number of nitrogens with one attached hydrogen (secondary N) is 2. The molecule has 2 aromatic rings. The van der Waals surface area contributed by atoms with E-state index < -0.39 is 0 Å². The Morgan fingerprint density at radius 1 is 1.53 bits per heavy atom. The molecule has 0 spiro atoms. The molecule has 0 radical (unpaired) electrons. The van der Waals surface area contributed by atoms with Gasteiger partial charge >= 0.3 is 0 Å². The molecule has 0 aliphatic carbocycles. The van der Waals surface area contributed by atoms with Crippen LogP contribution in [0.2, 0.25) is 0 Å². The van der Waals surface area contributed by atoms with E-state index in [1.54, 1.807) is 12.5 Å². The van der Waals surface area contributed by atoms with Crippen LogP contribution < -0.4 is 5.32 Å². The van der Waals surface area contributed by atoms with Gasteiger partial charge in [0.15, 0.2) is 0 Å². The van der Waals surface area contributed by atoms with Crippen LogP contribution >= 0.6 is 15.9 Å². The Morgan fingerprint density at radius 3 is 3.00 bits per heavy atom. The molecule has 0 bridgehead atoms. The number of aryl methyl sites for hydroxylation is 1. The summed E-state index contributed by atoms with van der Waals surface area (Å²) in [6.45, 7) is 2.43. The molecule has 0 fully saturated rings. The van der Waals surface area contributed by atoms with E-state index in [0.717, 1.165) is 15.7 Å². The number of halogens is 1. The molecule has 4 nitrogen and oxygen atoms in total. The molecule has 1 amide bonds. The second-order valence-electron chi connectivity index (χ2n) is 3.72. The standard InChI is InChI=1S/C12H12BrN3O/c1-8-2-3-9(4-11(8)13)12(17)15-6-10-5-14-7-16-10/h2-5,7H,6H2,1H3,(H,14,16)(H,15,17). The maximum atomic E-state index is 11.8. The van der Waals surface area contributed by atoms with Gasteiger partial charge in [-0.15, -0.1) is 0 Å². The van der Waals surface area contributed by atoms with Gasteiger partial charge in [-0.2, -0.15) is 0 Å². The van der Waals surface area contributed by atoms with Gasteiger partial charge < -0.3 is 10.3 Å². The zero-order chi connectivity index (χ0) is 12.3. The average Bonchev–Trinajstić information content (AvgIpc) is 2.82. The second-order valence-corrected chi connectivity index (χ2v) is 4.58. The van der Waals surface area contributed by atoms with Crippen molar-refractivity contribution in [1.29, 1.82) is 0 Å². The Hall–Kier alpha value is -1.62. The van der Waals surface area contributed by atoms with Gasteiger partial charge in [0, 0.05) is 16.2 Å². The first-order chi connectivity index (χ1) is 8.16. The summed E-state index contributed by atoms with van der Waals surface area (Å²) in [5.74, 6) is -0.0969. The van der Waals surface area contributed by atoms with E-state index in [1.807, 2.05) is 25.1 Å². The molecule has 0 unspecified atom stereocenters. The van der Waals surface area contributed by atoms with E-state index in [-0.39, 0.29) is 5.91 Å². The van der Waals surface area contributed by atoms with Gasteiger partial charge in [0.2, 0.25) is 0 Å². The maximum absolute atomic E-state index is 11.8. The Balaban J connectivity index is 2.02. The van der Waals surface area contributed by atoms with E-state index in [1.165, 1.54) is 0 Å². The highest BCUT2D eigenvalue weighted by Crippen LogP contribution is 2.17. The number of hydrogen-bond donors (Lipinski definition) is 2. The van der Waals surface area contributed by atoms with E-state index in [9.17, 15) is 4.79 Å². The lowest BCUT2D eigenvalue weighted by atomic mass is 10.1. The number of carbonyl (C=O) groups is 1. The Labute approximate surface area is 108 Å². The van der Waals surface area contributed by atoms with Crippen molar-refractivity contribution in [3.05, 3.63) is 52.0 Å². The van der Waals surface area contributed by atoms with E-state index in [4.69, 9.17) is 0 Å².